The van der Waals surface area contributed by atoms with Crippen molar-refractivity contribution in [1.82, 2.24) is 25.0 Å². The number of rotatable bonds is 3. The lowest BCUT2D eigenvalue weighted by Crippen LogP contribution is -2.46. The third-order valence-corrected chi connectivity index (χ3v) is 3.10. The van der Waals surface area contributed by atoms with E-state index in [4.69, 9.17) is 5.11 Å². The number of carboxylic acids is 1. The molecule has 1 aliphatic rings. The molecule has 19 heavy (non-hydrogen) atoms. The third-order valence-electron chi connectivity index (χ3n) is 3.10. The van der Waals surface area contributed by atoms with Crippen LogP contribution >= 0.6 is 0 Å². The number of carbonyl (C=O) groups excluding carboxylic acids is 1. The number of carboxylic acid groups (broad SMARTS) is 1. The van der Waals surface area contributed by atoms with E-state index in [0.717, 1.165) is 0 Å². The highest BCUT2D eigenvalue weighted by Crippen LogP contribution is 2.16. The average molecular weight is 267 g/mol. The number of aryl methyl sites for hydroxylation is 1. The maximum absolute atomic E-state index is 11.9. The number of nitrogens with zero attached hydrogens (tertiary/aromatic N) is 4. The fourth-order valence-electron chi connectivity index (χ4n) is 2.09. The van der Waals surface area contributed by atoms with E-state index in [1.54, 1.807) is 18.1 Å². The lowest BCUT2D eigenvalue weighted by atomic mass is 9.99. The minimum absolute atomic E-state index is 0.244. The molecule has 0 aromatic carbocycles. The van der Waals surface area contributed by atoms with Gasteiger partial charge in [-0.15, -0.1) is 0 Å². The summed E-state index contributed by atoms with van der Waals surface area (Å²) in [5.74, 6) is -0.779. The molecule has 2 amide bonds. The number of aliphatic carboxylic acids is 1. The van der Waals surface area contributed by atoms with E-state index in [2.05, 4.69) is 15.4 Å². The number of piperidine rings is 1. The Hall–Kier alpha value is -2.12. The van der Waals surface area contributed by atoms with Crippen LogP contribution in [0.4, 0.5) is 4.79 Å². The smallest absolute Gasteiger partial charge is 0.317 e. The van der Waals surface area contributed by atoms with Gasteiger partial charge in [-0.3, -0.25) is 9.48 Å². The fraction of sp³-hybridized carbons (Fsp3) is 0.636. The first kappa shape index (κ1) is 13.3. The van der Waals surface area contributed by atoms with E-state index in [-0.39, 0.29) is 19.1 Å². The second-order valence-electron chi connectivity index (χ2n) is 4.62. The van der Waals surface area contributed by atoms with Crippen molar-refractivity contribution in [2.45, 2.75) is 19.4 Å². The Labute approximate surface area is 110 Å². The number of carbonyl (C=O) groups is 2. The average Bonchev–Trinajstić information content (AvgIpc) is 2.82. The number of urea groups is 1. The maximum Gasteiger partial charge on any atom is 0.317 e. The van der Waals surface area contributed by atoms with Gasteiger partial charge in [0.05, 0.1) is 12.5 Å². The van der Waals surface area contributed by atoms with Gasteiger partial charge in [0, 0.05) is 20.1 Å². The van der Waals surface area contributed by atoms with Crippen LogP contribution in [0.25, 0.3) is 0 Å². The van der Waals surface area contributed by atoms with Crippen LogP contribution in [-0.2, 0) is 18.4 Å². The number of hydrogen-bond acceptors (Lipinski definition) is 4. The highest BCUT2D eigenvalue weighted by molar-refractivity contribution is 5.76. The Morgan fingerprint density at radius 3 is 3.00 bits per heavy atom. The summed E-state index contributed by atoms with van der Waals surface area (Å²) in [4.78, 5) is 28.4. The van der Waals surface area contributed by atoms with Gasteiger partial charge in [0.15, 0.2) is 5.82 Å². The molecule has 8 nitrogen and oxygen atoms in total. The minimum atomic E-state index is -0.844. The summed E-state index contributed by atoms with van der Waals surface area (Å²) in [5.41, 5.74) is 0. The first-order valence-electron chi connectivity index (χ1n) is 6.16. The van der Waals surface area contributed by atoms with Crippen LogP contribution in [0.5, 0.6) is 0 Å². The summed E-state index contributed by atoms with van der Waals surface area (Å²) < 4.78 is 1.56. The van der Waals surface area contributed by atoms with Gasteiger partial charge in [-0.05, 0) is 12.8 Å². The van der Waals surface area contributed by atoms with Crippen molar-refractivity contribution in [1.29, 1.82) is 0 Å². The van der Waals surface area contributed by atoms with Gasteiger partial charge in [-0.25, -0.2) is 9.78 Å². The Morgan fingerprint density at radius 1 is 1.58 bits per heavy atom. The SMILES string of the molecule is Cn1cnc(CNC(=O)N2CCCC(C(=O)O)C2)n1. The molecule has 1 unspecified atom stereocenters. The van der Waals surface area contributed by atoms with Crippen molar-refractivity contribution in [3.8, 4) is 0 Å². The Kier molecular flexibility index (Phi) is 3.98. The summed E-state index contributed by atoms with van der Waals surface area (Å²) in [6, 6.07) is -0.265. The highest BCUT2D eigenvalue weighted by Gasteiger charge is 2.27. The van der Waals surface area contributed by atoms with Crippen molar-refractivity contribution in [2.24, 2.45) is 13.0 Å². The van der Waals surface area contributed by atoms with Gasteiger partial charge >= 0.3 is 12.0 Å². The normalized spacial score (nSPS) is 19.2. The number of hydrogen-bond donors (Lipinski definition) is 2. The maximum atomic E-state index is 11.9. The molecule has 1 atom stereocenters. The van der Waals surface area contributed by atoms with E-state index >= 15 is 0 Å². The fourth-order valence-corrected chi connectivity index (χ4v) is 2.09. The van der Waals surface area contributed by atoms with Gasteiger partial charge in [0.2, 0.25) is 0 Å². The summed E-state index contributed by atoms with van der Waals surface area (Å²) in [7, 11) is 1.75. The molecule has 1 saturated heterocycles. The second kappa shape index (κ2) is 5.68. The molecule has 1 aromatic heterocycles. The van der Waals surface area contributed by atoms with Crippen molar-refractivity contribution in [3.63, 3.8) is 0 Å². The quantitative estimate of drug-likeness (QED) is 0.791. The van der Waals surface area contributed by atoms with Crippen LogP contribution in [0.3, 0.4) is 0 Å². The topological polar surface area (TPSA) is 100 Å². The highest BCUT2D eigenvalue weighted by atomic mass is 16.4. The molecular weight excluding hydrogens is 250 g/mol. The summed E-state index contributed by atoms with van der Waals surface area (Å²) in [5, 5.41) is 15.7. The molecule has 0 spiro atoms. The van der Waals surface area contributed by atoms with E-state index < -0.39 is 11.9 Å². The van der Waals surface area contributed by atoms with Gasteiger partial charge in [-0.2, -0.15) is 5.10 Å². The number of amides is 2. The number of nitrogens with one attached hydrogen (secondary N) is 1. The summed E-state index contributed by atoms with van der Waals surface area (Å²) in [6.07, 6.45) is 2.90. The molecule has 2 heterocycles. The standard InChI is InChI=1S/C11H17N5O3/c1-15-7-13-9(14-15)5-12-11(19)16-4-2-3-8(6-16)10(17)18/h7-8H,2-6H2,1H3,(H,12,19)(H,17,18). The van der Waals surface area contributed by atoms with E-state index in [1.165, 1.54) is 4.90 Å². The van der Waals surface area contributed by atoms with Gasteiger partial charge in [-0.1, -0.05) is 0 Å². The first-order chi connectivity index (χ1) is 9.06. The van der Waals surface area contributed by atoms with Crippen molar-refractivity contribution < 1.29 is 14.7 Å². The molecule has 1 aliphatic heterocycles. The van der Waals surface area contributed by atoms with Crippen LogP contribution < -0.4 is 5.32 Å². The molecule has 0 radical (unpaired) electrons. The number of likely N-dealkylation sites (tertiary alicyclic amines) is 1. The van der Waals surface area contributed by atoms with Gasteiger partial charge in [0.1, 0.15) is 6.33 Å². The first-order valence-corrected chi connectivity index (χ1v) is 6.16. The lowest BCUT2D eigenvalue weighted by molar-refractivity contribution is -0.143. The molecule has 2 rings (SSSR count). The molecule has 8 heteroatoms. The minimum Gasteiger partial charge on any atom is -0.481 e. The summed E-state index contributed by atoms with van der Waals surface area (Å²) in [6.45, 7) is 1.09. The zero-order valence-corrected chi connectivity index (χ0v) is 10.7. The summed E-state index contributed by atoms with van der Waals surface area (Å²) >= 11 is 0. The van der Waals surface area contributed by atoms with E-state index in [9.17, 15) is 9.59 Å². The van der Waals surface area contributed by atoms with Gasteiger partial charge in [0.25, 0.3) is 0 Å². The predicted octanol–water partition coefficient (Wildman–Crippen LogP) is -0.179. The van der Waals surface area contributed by atoms with Crippen molar-refractivity contribution >= 4 is 12.0 Å². The zero-order chi connectivity index (χ0) is 13.8. The monoisotopic (exact) mass is 267 g/mol. The third kappa shape index (κ3) is 3.43. The molecule has 0 aliphatic carbocycles. The van der Waals surface area contributed by atoms with E-state index in [1.807, 2.05) is 0 Å². The molecular formula is C11H17N5O3. The predicted molar refractivity (Wildman–Crippen MR) is 65.2 cm³/mol. The van der Waals surface area contributed by atoms with Crippen LogP contribution in [0.15, 0.2) is 6.33 Å². The molecule has 0 saturated carbocycles. The zero-order valence-electron chi connectivity index (χ0n) is 10.7. The number of aromatic nitrogens is 3. The molecule has 0 bridgehead atoms. The Morgan fingerprint density at radius 2 is 2.37 bits per heavy atom. The lowest BCUT2D eigenvalue weighted by Gasteiger charge is -2.30. The van der Waals surface area contributed by atoms with Crippen LogP contribution in [0.2, 0.25) is 0 Å². The van der Waals surface area contributed by atoms with Crippen molar-refractivity contribution in [2.75, 3.05) is 13.1 Å². The molecule has 1 aromatic rings. The largest absolute Gasteiger partial charge is 0.481 e. The van der Waals surface area contributed by atoms with Crippen LogP contribution in [0.1, 0.15) is 18.7 Å². The molecule has 1 fully saturated rings. The van der Waals surface area contributed by atoms with E-state index in [0.29, 0.717) is 25.2 Å². The second-order valence-corrected chi connectivity index (χ2v) is 4.62. The Balaban J connectivity index is 1.84. The van der Waals surface area contributed by atoms with Crippen LogP contribution in [0, 0.1) is 5.92 Å². The van der Waals surface area contributed by atoms with Crippen molar-refractivity contribution in [3.05, 3.63) is 12.2 Å². The Bertz CT molecular complexity index is 473. The van der Waals surface area contributed by atoms with Gasteiger partial charge < -0.3 is 15.3 Å². The molecule has 104 valence electrons. The molecule has 2 N–H and O–H groups in total. The van der Waals surface area contributed by atoms with Crippen LogP contribution in [-0.4, -0.2) is 49.9 Å².